The molecule has 0 aliphatic rings. The summed E-state index contributed by atoms with van der Waals surface area (Å²) in [5.41, 5.74) is 0. The van der Waals surface area contributed by atoms with Gasteiger partial charge >= 0.3 is 11.9 Å². The highest BCUT2D eigenvalue weighted by atomic mass is 16.4. The Balaban J connectivity index is -0.000000351. The molecule has 0 bridgehead atoms. The fraction of sp³-hybridized carbons (Fsp3) is 0.909. The average molecular weight is 407 g/mol. The van der Waals surface area contributed by atoms with E-state index in [9.17, 15) is 9.59 Å². The summed E-state index contributed by atoms with van der Waals surface area (Å²) in [7, 11) is 0. The van der Waals surface area contributed by atoms with Gasteiger partial charge in [0.2, 0.25) is 0 Å². The molecule has 0 heterocycles. The van der Waals surface area contributed by atoms with E-state index in [1.807, 2.05) is 0 Å². The molecule has 28 heavy (non-hydrogen) atoms. The van der Waals surface area contributed by atoms with Crippen LogP contribution in [0.2, 0.25) is 0 Å². The third-order valence-corrected chi connectivity index (χ3v) is 3.91. The second kappa shape index (κ2) is 25.9. The Kier molecular flexibility index (Phi) is 29.1. The van der Waals surface area contributed by atoms with Crippen molar-refractivity contribution < 1.29 is 30.0 Å². The largest absolute Gasteiger partial charge is 0.481 e. The molecule has 0 rings (SSSR count). The molecule has 0 atom stereocenters. The Labute approximate surface area is 172 Å². The maximum Gasteiger partial charge on any atom is 0.303 e. The van der Waals surface area contributed by atoms with Gasteiger partial charge in [0, 0.05) is 26.1 Å². The first-order chi connectivity index (χ1) is 13.2. The van der Waals surface area contributed by atoms with Crippen LogP contribution in [0.4, 0.5) is 0 Å². The first-order valence-electron chi connectivity index (χ1n) is 10.8. The summed E-state index contributed by atoms with van der Waals surface area (Å²) in [6, 6.07) is 0. The van der Waals surface area contributed by atoms with Crippen LogP contribution in [-0.4, -0.2) is 45.6 Å². The van der Waals surface area contributed by atoms with Gasteiger partial charge in [-0.25, -0.2) is 0 Å². The van der Waals surface area contributed by atoms with Crippen molar-refractivity contribution in [2.45, 2.75) is 105 Å². The monoisotopic (exact) mass is 406 g/mol. The second-order valence-electron chi connectivity index (χ2n) is 7.93. The standard InChI is InChI=1S/2C9H18O2.C4H10O2/c2*1-8(2)6-4-3-5-7-9(10)11;5-3-1-2-4-6/h2*8H,3-7H2,1-2H3,(H,10,11);5-6H,1-4H2. The number of carboxylic acid groups (broad SMARTS) is 2. The summed E-state index contributed by atoms with van der Waals surface area (Å²) in [5, 5.41) is 32.8. The van der Waals surface area contributed by atoms with E-state index in [-0.39, 0.29) is 13.2 Å². The van der Waals surface area contributed by atoms with Crippen LogP contribution in [0.5, 0.6) is 0 Å². The normalized spacial score (nSPS) is 10.1. The maximum absolute atomic E-state index is 10.1. The molecule has 0 saturated heterocycles. The molecule has 0 saturated carbocycles. The Hall–Kier alpha value is -1.14. The molecule has 0 radical (unpaired) electrons. The van der Waals surface area contributed by atoms with Crippen molar-refractivity contribution in [3.8, 4) is 0 Å². The van der Waals surface area contributed by atoms with E-state index in [0.717, 1.165) is 50.4 Å². The lowest BCUT2D eigenvalue weighted by Gasteiger charge is -2.02. The fourth-order valence-corrected chi connectivity index (χ4v) is 2.23. The Morgan fingerprint density at radius 2 is 0.893 bits per heavy atom. The lowest BCUT2D eigenvalue weighted by Crippen LogP contribution is -1.94. The van der Waals surface area contributed by atoms with Gasteiger partial charge in [-0.3, -0.25) is 9.59 Å². The third kappa shape index (κ3) is 44.4. The second-order valence-corrected chi connectivity index (χ2v) is 7.93. The van der Waals surface area contributed by atoms with Crippen LogP contribution in [0.15, 0.2) is 0 Å². The molecule has 0 unspecified atom stereocenters. The molecular formula is C22H46O6. The van der Waals surface area contributed by atoms with Crippen LogP contribution in [0, 0.1) is 11.8 Å². The number of rotatable bonds is 15. The summed E-state index contributed by atoms with van der Waals surface area (Å²) >= 11 is 0. The van der Waals surface area contributed by atoms with Gasteiger partial charge in [-0.1, -0.05) is 66.2 Å². The van der Waals surface area contributed by atoms with Crippen molar-refractivity contribution in [3.63, 3.8) is 0 Å². The minimum atomic E-state index is -0.672. The smallest absolute Gasteiger partial charge is 0.303 e. The number of aliphatic carboxylic acids is 2. The number of carbonyl (C=O) groups is 2. The molecular weight excluding hydrogens is 360 g/mol. The molecule has 6 heteroatoms. The zero-order chi connectivity index (χ0) is 22.2. The minimum Gasteiger partial charge on any atom is -0.481 e. The first kappa shape index (κ1) is 31.6. The fourth-order valence-electron chi connectivity index (χ4n) is 2.23. The van der Waals surface area contributed by atoms with Gasteiger partial charge in [0.05, 0.1) is 0 Å². The zero-order valence-electron chi connectivity index (χ0n) is 18.7. The van der Waals surface area contributed by atoms with E-state index in [2.05, 4.69) is 27.7 Å². The number of hydrogen-bond acceptors (Lipinski definition) is 4. The Bertz CT molecular complexity index is 297. The van der Waals surface area contributed by atoms with Crippen molar-refractivity contribution >= 4 is 11.9 Å². The predicted molar refractivity (Wildman–Crippen MR) is 115 cm³/mol. The molecule has 0 amide bonds. The van der Waals surface area contributed by atoms with Crippen LogP contribution in [-0.2, 0) is 9.59 Å². The summed E-state index contributed by atoms with van der Waals surface area (Å²) in [5.74, 6) is 0.156. The van der Waals surface area contributed by atoms with Crippen molar-refractivity contribution in [2.75, 3.05) is 13.2 Å². The van der Waals surface area contributed by atoms with Gasteiger partial charge in [-0.2, -0.15) is 0 Å². The maximum atomic E-state index is 10.1. The summed E-state index contributed by atoms with van der Waals surface area (Å²) in [6.45, 7) is 9.16. The van der Waals surface area contributed by atoms with Gasteiger partial charge < -0.3 is 20.4 Å². The topological polar surface area (TPSA) is 115 Å². The van der Waals surface area contributed by atoms with Gasteiger partial charge in [0.1, 0.15) is 0 Å². The molecule has 0 aliphatic carbocycles. The van der Waals surface area contributed by atoms with E-state index >= 15 is 0 Å². The van der Waals surface area contributed by atoms with Crippen LogP contribution in [0.1, 0.15) is 105 Å². The van der Waals surface area contributed by atoms with Gasteiger partial charge in [0.25, 0.3) is 0 Å². The van der Waals surface area contributed by atoms with E-state index in [0.29, 0.717) is 12.8 Å². The minimum absolute atomic E-state index is 0.195. The Morgan fingerprint density at radius 3 is 1.11 bits per heavy atom. The van der Waals surface area contributed by atoms with Crippen LogP contribution in [0.3, 0.4) is 0 Å². The van der Waals surface area contributed by atoms with Crippen molar-refractivity contribution in [2.24, 2.45) is 11.8 Å². The molecule has 0 aliphatic heterocycles. The van der Waals surface area contributed by atoms with E-state index in [4.69, 9.17) is 20.4 Å². The van der Waals surface area contributed by atoms with Gasteiger partial charge in [0.15, 0.2) is 0 Å². The zero-order valence-corrected chi connectivity index (χ0v) is 18.7. The van der Waals surface area contributed by atoms with Crippen molar-refractivity contribution in [1.29, 1.82) is 0 Å². The van der Waals surface area contributed by atoms with E-state index < -0.39 is 11.9 Å². The van der Waals surface area contributed by atoms with Crippen LogP contribution in [0.25, 0.3) is 0 Å². The molecule has 6 nitrogen and oxygen atoms in total. The molecule has 0 aromatic carbocycles. The van der Waals surface area contributed by atoms with Gasteiger partial charge in [-0.05, 0) is 37.5 Å². The number of aliphatic hydroxyl groups excluding tert-OH is 2. The molecule has 0 aromatic heterocycles. The van der Waals surface area contributed by atoms with E-state index in [1.165, 1.54) is 25.7 Å². The quantitative estimate of drug-likeness (QED) is 0.281. The van der Waals surface area contributed by atoms with E-state index in [1.54, 1.807) is 0 Å². The molecule has 0 aromatic rings. The molecule has 0 fully saturated rings. The van der Waals surface area contributed by atoms with Crippen LogP contribution >= 0.6 is 0 Å². The lowest BCUT2D eigenvalue weighted by atomic mass is 10.0. The summed E-state index contributed by atoms with van der Waals surface area (Å²) < 4.78 is 0. The third-order valence-electron chi connectivity index (χ3n) is 3.91. The number of carboxylic acids is 2. The van der Waals surface area contributed by atoms with Gasteiger partial charge in [-0.15, -0.1) is 0 Å². The van der Waals surface area contributed by atoms with Crippen molar-refractivity contribution in [1.82, 2.24) is 0 Å². The molecule has 4 N–H and O–H groups in total. The number of aliphatic hydroxyl groups is 2. The highest BCUT2D eigenvalue weighted by Crippen LogP contribution is 2.09. The molecule has 170 valence electrons. The van der Waals surface area contributed by atoms with Crippen LogP contribution < -0.4 is 0 Å². The summed E-state index contributed by atoms with van der Waals surface area (Å²) in [6.07, 6.45) is 10.7. The first-order valence-corrected chi connectivity index (χ1v) is 10.8. The Morgan fingerprint density at radius 1 is 0.571 bits per heavy atom. The van der Waals surface area contributed by atoms with Crippen molar-refractivity contribution in [3.05, 3.63) is 0 Å². The predicted octanol–water partition coefficient (Wildman–Crippen LogP) is 5.11. The number of hydrogen-bond donors (Lipinski definition) is 4. The highest BCUT2D eigenvalue weighted by molar-refractivity contribution is 5.66. The number of unbranched alkanes of at least 4 members (excludes halogenated alkanes) is 5. The average Bonchev–Trinajstić information content (AvgIpc) is 2.59. The summed E-state index contributed by atoms with van der Waals surface area (Å²) in [4.78, 5) is 20.2. The SMILES string of the molecule is CC(C)CCCCCC(=O)O.CC(C)CCCCCC(=O)O.OCCCCO. The lowest BCUT2D eigenvalue weighted by molar-refractivity contribution is -0.138. The highest BCUT2D eigenvalue weighted by Gasteiger charge is 1.98. The molecule has 0 spiro atoms.